The molecule has 0 aliphatic rings. The van der Waals surface area contributed by atoms with Crippen molar-refractivity contribution in [2.45, 2.75) is 72.0 Å². The molecule has 37 heavy (non-hydrogen) atoms. The molecule has 0 unspecified atom stereocenters. The summed E-state index contributed by atoms with van der Waals surface area (Å²) >= 11 is 0. The highest BCUT2D eigenvalue weighted by Gasteiger charge is 2.31. The van der Waals surface area contributed by atoms with Gasteiger partial charge in [0.1, 0.15) is 11.8 Å². The quantitative estimate of drug-likeness (QED) is 0.329. The number of amides is 2. The Labute approximate surface area is 221 Å². The van der Waals surface area contributed by atoms with E-state index in [0.29, 0.717) is 18.7 Å². The molecular formula is C32H40N2O3. The lowest BCUT2D eigenvalue weighted by Gasteiger charge is -2.32. The van der Waals surface area contributed by atoms with Crippen LogP contribution in [0.25, 0.3) is 0 Å². The number of nitrogens with one attached hydrogen (secondary N) is 1. The molecule has 3 aromatic rings. The van der Waals surface area contributed by atoms with Crippen LogP contribution in [0.4, 0.5) is 0 Å². The number of hydrogen-bond acceptors (Lipinski definition) is 3. The lowest BCUT2D eigenvalue weighted by molar-refractivity contribution is -0.143. The van der Waals surface area contributed by atoms with E-state index in [1.807, 2.05) is 93.6 Å². The van der Waals surface area contributed by atoms with Crippen LogP contribution in [0.5, 0.6) is 5.75 Å². The van der Waals surface area contributed by atoms with Crippen LogP contribution < -0.4 is 10.1 Å². The minimum atomic E-state index is -0.673. The van der Waals surface area contributed by atoms with Crippen molar-refractivity contribution < 1.29 is 14.3 Å². The number of nitrogens with zero attached hydrogens (tertiary/aromatic N) is 1. The Kier molecular flexibility index (Phi) is 10.3. The Morgan fingerprint density at radius 1 is 0.892 bits per heavy atom. The van der Waals surface area contributed by atoms with E-state index in [-0.39, 0.29) is 30.4 Å². The second-order valence-corrected chi connectivity index (χ2v) is 10.0. The molecule has 0 radical (unpaired) electrons. The van der Waals surface area contributed by atoms with E-state index in [4.69, 9.17) is 4.74 Å². The minimum absolute atomic E-state index is 0.0101. The van der Waals surface area contributed by atoms with Crippen molar-refractivity contribution in [3.8, 4) is 5.75 Å². The van der Waals surface area contributed by atoms with Gasteiger partial charge in [0.2, 0.25) is 5.91 Å². The van der Waals surface area contributed by atoms with Crippen molar-refractivity contribution in [2.24, 2.45) is 0 Å². The Morgan fingerprint density at radius 3 is 2.24 bits per heavy atom. The van der Waals surface area contributed by atoms with Gasteiger partial charge in [-0.3, -0.25) is 9.59 Å². The van der Waals surface area contributed by atoms with Crippen molar-refractivity contribution in [1.82, 2.24) is 10.2 Å². The molecule has 1 N–H and O–H groups in total. The monoisotopic (exact) mass is 500 g/mol. The number of benzene rings is 3. The lowest BCUT2D eigenvalue weighted by atomic mass is 10.0. The number of rotatable bonds is 12. The predicted molar refractivity (Wildman–Crippen MR) is 150 cm³/mol. The fourth-order valence-electron chi connectivity index (χ4n) is 4.31. The Balaban J connectivity index is 1.94. The third-order valence-electron chi connectivity index (χ3n) is 6.60. The second kappa shape index (κ2) is 13.6. The first-order chi connectivity index (χ1) is 17.8. The van der Waals surface area contributed by atoms with Gasteiger partial charge in [0.25, 0.3) is 5.91 Å². The highest BCUT2D eigenvalue weighted by atomic mass is 16.5. The van der Waals surface area contributed by atoms with Crippen LogP contribution in [-0.2, 0) is 22.6 Å². The Bertz CT molecular complexity index is 1160. The number of para-hydroxylation sites is 1. The maximum absolute atomic E-state index is 13.8. The standard InChI is InChI=1S/C32H40N2O3/c1-6-25(5)33-32(36)29(20-26-14-8-7-9-15-26)34(21-27-16-12-13-24(4)19-27)31(35)22-37-30-18-11-10-17-28(30)23(2)3/h7-19,23,25,29H,6,20-22H2,1-5H3,(H,33,36)/t25-,29+/m0/s1. The largest absolute Gasteiger partial charge is 0.483 e. The molecule has 0 heterocycles. The highest BCUT2D eigenvalue weighted by Crippen LogP contribution is 2.26. The van der Waals surface area contributed by atoms with Gasteiger partial charge in [0.05, 0.1) is 0 Å². The van der Waals surface area contributed by atoms with E-state index in [2.05, 4.69) is 25.2 Å². The van der Waals surface area contributed by atoms with Crippen molar-refractivity contribution >= 4 is 11.8 Å². The molecule has 0 aliphatic carbocycles. The van der Waals surface area contributed by atoms with E-state index in [9.17, 15) is 9.59 Å². The van der Waals surface area contributed by atoms with Gasteiger partial charge in [-0.25, -0.2) is 0 Å². The number of aryl methyl sites for hydroxylation is 1. The molecule has 0 fully saturated rings. The summed E-state index contributed by atoms with van der Waals surface area (Å²) < 4.78 is 6.06. The average Bonchev–Trinajstić information content (AvgIpc) is 2.89. The van der Waals surface area contributed by atoms with Crippen LogP contribution in [0.3, 0.4) is 0 Å². The van der Waals surface area contributed by atoms with Crippen LogP contribution in [0, 0.1) is 6.92 Å². The maximum atomic E-state index is 13.8. The Hall–Kier alpha value is -3.60. The van der Waals surface area contributed by atoms with E-state index in [0.717, 1.165) is 28.7 Å². The normalized spacial score (nSPS) is 12.6. The molecule has 3 rings (SSSR count). The van der Waals surface area contributed by atoms with Crippen LogP contribution >= 0.6 is 0 Å². The van der Waals surface area contributed by atoms with E-state index < -0.39 is 6.04 Å². The topological polar surface area (TPSA) is 58.6 Å². The first-order valence-corrected chi connectivity index (χ1v) is 13.2. The fraction of sp³-hybridized carbons (Fsp3) is 0.375. The van der Waals surface area contributed by atoms with E-state index in [1.54, 1.807) is 4.90 Å². The van der Waals surface area contributed by atoms with Gasteiger partial charge < -0.3 is 15.0 Å². The molecule has 0 aliphatic heterocycles. The molecular weight excluding hydrogens is 460 g/mol. The smallest absolute Gasteiger partial charge is 0.261 e. The number of ether oxygens (including phenoxy) is 1. The number of hydrogen-bond donors (Lipinski definition) is 1. The first-order valence-electron chi connectivity index (χ1n) is 13.2. The van der Waals surface area contributed by atoms with Crippen LogP contribution in [0.2, 0.25) is 0 Å². The summed E-state index contributed by atoms with van der Waals surface area (Å²) in [7, 11) is 0. The summed E-state index contributed by atoms with van der Waals surface area (Å²) in [4.78, 5) is 29.1. The number of carbonyl (C=O) groups is 2. The molecule has 3 aromatic carbocycles. The molecule has 196 valence electrons. The van der Waals surface area contributed by atoms with Gasteiger partial charge >= 0.3 is 0 Å². The minimum Gasteiger partial charge on any atom is -0.483 e. The van der Waals surface area contributed by atoms with Crippen LogP contribution in [-0.4, -0.2) is 35.4 Å². The van der Waals surface area contributed by atoms with Crippen LogP contribution in [0.15, 0.2) is 78.9 Å². The molecule has 0 aromatic heterocycles. The summed E-state index contributed by atoms with van der Waals surface area (Å²) in [5.41, 5.74) is 4.14. The van der Waals surface area contributed by atoms with Gasteiger partial charge in [0.15, 0.2) is 6.61 Å². The molecule has 5 nitrogen and oxygen atoms in total. The van der Waals surface area contributed by atoms with Gasteiger partial charge in [-0.1, -0.05) is 99.1 Å². The predicted octanol–water partition coefficient (Wildman–Crippen LogP) is 6.05. The van der Waals surface area contributed by atoms with Gasteiger partial charge in [-0.15, -0.1) is 0 Å². The molecule has 0 bridgehead atoms. The summed E-state index contributed by atoms with van der Waals surface area (Å²) in [6.45, 7) is 10.4. The molecule has 0 spiro atoms. The fourth-order valence-corrected chi connectivity index (χ4v) is 4.31. The highest BCUT2D eigenvalue weighted by molar-refractivity contribution is 5.88. The Morgan fingerprint density at radius 2 is 1.57 bits per heavy atom. The summed E-state index contributed by atoms with van der Waals surface area (Å²) in [6.07, 6.45) is 1.23. The van der Waals surface area contributed by atoms with E-state index in [1.165, 1.54) is 0 Å². The van der Waals surface area contributed by atoms with Gasteiger partial charge in [0, 0.05) is 19.0 Å². The van der Waals surface area contributed by atoms with Gasteiger partial charge in [-0.2, -0.15) is 0 Å². The third-order valence-corrected chi connectivity index (χ3v) is 6.60. The molecule has 0 saturated heterocycles. The van der Waals surface area contributed by atoms with Crippen molar-refractivity contribution in [3.63, 3.8) is 0 Å². The van der Waals surface area contributed by atoms with Crippen molar-refractivity contribution in [2.75, 3.05) is 6.61 Å². The SMILES string of the molecule is CC[C@H](C)NC(=O)[C@@H](Cc1ccccc1)N(Cc1cccc(C)c1)C(=O)COc1ccccc1C(C)C. The zero-order chi connectivity index (χ0) is 26.8. The second-order valence-electron chi connectivity index (χ2n) is 10.0. The van der Waals surface area contributed by atoms with E-state index >= 15 is 0 Å². The lowest BCUT2D eigenvalue weighted by Crippen LogP contribution is -2.53. The van der Waals surface area contributed by atoms with Crippen LogP contribution in [0.1, 0.15) is 62.3 Å². The molecule has 0 saturated carbocycles. The molecule has 2 atom stereocenters. The van der Waals surface area contributed by atoms with Gasteiger partial charge in [-0.05, 0) is 48.9 Å². The summed E-state index contributed by atoms with van der Waals surface area (Å²) in [5.74, 6) is 0.592. The summed E-state index contributed by atoms with van der Waals surface area (Å²) in [5, 5.41) is 3.11. The maximum Gasteiger partial charge on any atom is 0.261 e. The average molecular weight is 501 g/mol. The van der Waals surface area contributed by atoms with Crippen molar-refractivity contribution in [3.05, 3.63) is 101 Å². The third kappa shape index (κ3) is 8.21. The first kappa shape index (κ1) is 28.0. The zero-order valence-electron chi connectivity index (χ0n) is 22.7. The number of carbonyl (C=O) groups excluding carboxylic acids is 2. The summed E-state index contributed by atoms with van der Waals surface area (Å²) in [6, 6.07) is 25.0. The molecule has 2 amide bonds. The zero-order valence-corrected chi connectivity index (χ0v) is 22.7. The molecule has 5 heteroatoms. The van der Waals surface area contributed by atoms with Crippen molar-refractivity contribution in [1.29, 1.82) is 0 Å².